The third-order valence-electron chi connectivity index (χ3n) is 7.39. The molecule has 0 saturated heterocycles. The summed E-state index contributed by atoms with van der Waals surface area (Å²) in [6.07, 6.45) is 9.07. The van der Waals surface area contributed by atoms with Gasteiger partial charge in [-0.05, 0) is 62.8 Å². The van der Waals surface area contributed by atoms with Crippen LogP contribution in [-0.2, 0) is 10.2 Å². The fourth-order valence-corrected chi connectivity index (χ4v) is 6.36. The van der Waals surface area contributed by atoms with Crippen LogP contribution in [0.15, 0.2) is 34.8 Å². The minimum Gasteiger partial charge on any atom is -0.461 e. The van der Waals surface area contributed by atoms with E-state index >= 15 is 0 Å². The molecule has 2 aromatic heterocycles. The van der Waals surface area contributed by atoms with E-state index in [1.807, 2.05) is 4.90 Å². The number of rotatable bonds is 6. The largest absolute Gasteiger partial charge is 0.461 e. The second-order valence-corrected chi connectivity index (χ2v) is 12.4. The highest BCUT2D eigenvalue weighted by Crippen LogP contribution is 2.41. The average Bonchev–Trinajstić information content (AvgIpc) is 3.25. The summed E-state index contributed by atoms with van der Waals surface area (Å²) >= 11 is 1.49. The van der Waals surface area contributed by atoms with E-state index in [0.29, 0.717) is 4.88 Å². The fourth-order valence-electron chi connectivity index (χ4n) is 5.34. The van der Waals surface area contributed by atoms with Crippen molar-refractivity contribution >= 4 is 29.2 Å². The van der Waals surface area contributed by atoms with Gasteiger partial charge in [0.2, 0.25) is 5.91 Å². The summed E-state index contributed by atoms with van der Waals surface area (Å²) < 4.78 is 5.94. The fraction of sp³-hybridized carbons (Fsp3) is 0.571. The minimum atomic E-state index is -0.246. The molecule has 1 N–H and O–H groups in total. The van der Waals surface area contributed by atoms with E-state index in [1.54, 1.807) is 0 Å². The van der Waals surface area contributed by atoms with E-state index in [0.717, 1.165) is 55.4 Å². The molecule has 0 bridgehead atoms. The Labute approximate surface area is 217 Å². The summed E-state index contributed by atoms with van der Waals surface area (Å²) in [6, 6.07) is 3.63. The van der Waals surface area contributed by atoms with Crippen molar-refractivity contribution in [3.05, 3.63) is 50.1 Å². The zero-order chi connectivity index (χ0) is 26.0. The first-order chi connectivity index (χ1) is 17.1. The van der Waals surface area contributed by atoms with Gasteiger partial charge in [0.15, 0.2) is 6.29 Å². The molecule has 36 heavy (non-hydrogen) atoms. The van der Waals surface area contributed by atoms with Gasteiger partial charge in [-0.3, -0.25) is 19.4 Å². The smallest absolute Gasteiger partial charge is 0.296 e. The van der Waals surface area contributed by atoms with Gasteiger partial charge in [-0.25, -0.2) is 4.98 Å². The highest BCUT2D eigenvalue weighted by molar-refractivity contribution is 7.14. The number of aldehydes is 1. The number of H-pyrrole nitrogens is 1. The van der Waals surface area contributed by atoms with Crippen LogP contribution in [0.5, 0.6) is 6.01 Å². The van der Waals surface area contributed by atoms with Gasteiger partial charge in [-0.2, -0.15) is 0 Å². The third kappa shape index (κ3) is 5.80. The van der Waals surface area contributed by atoms with E-state index in [1.165, 1.54) is 29.2 Å². The molecule has 0 spiro atoms. The standard InChI is InChI=1S/C28H37N3O4S/c1-17-6-11-21(18(2)14-17)26(34)31(22-15-24(28(3,4)5)36-23(22)16-32)19-7-9-20(10-8-19)35-27-29-13-12-25(33)30-27/h6,12-13,15-16,18-21H,7-11,14H2,1-5H3,(H,29,30,33)/t18-,19?,20?,21-/m0/s1. The number of nitrogens with zero attached hydrogens (tertiary/aromatic N) is 2. The van der Waals surface area contributed by atoms with Gasteiger partial charge < -0.3 is 9.64 Å². The van der Waals surface area contributed by atoms with Crippen molar-refractivity contribution in [2.75, 3.05) is 4.90 Å². The summed E-state index contributed by atoms with van der Waals surface area (Å²) in [5, 5.41) is 0. The molecular weight excluding hydrogens is 474 g/mol. The summed E-state index contributed by atoms with van der Waals surface area (Å²) in [5.74, 6) is 0.274. The van der Waals surface area contributed by atoms with Crippen molar-refractivity contribution in [2.45, 2.75) is 90.7 Å². The molecule has 2 atom stereocenters. The second kappa shape index (κ2) is 10.7. The average molecular weight is 512 g/mol. The maximum Gasteiger partial charge on any atom is 0.296 e. The van der Waals surface area contributed by atoms with Gasteiger partial charge in [-0.1, -0.05) is 39.3 Å². The van der Waals surface area contributed by atoms with Gasteiger partial charge in [0, 0.05) is 29.1 Å². The van der Waals surface area contributed by atoms with Crippen molar-refractivity contribution in [3.8, 4) is 6.01 Å². The lowest BCUT2D eigenvalue weighted by Gasteiger charge is -2.40. The number of thiophene rings is 1. The molecule has 1 fully saturated rings. The maximum absolute atomic E-state index is 14.2. The quantitative estimate of drug-likeness (QED) is 0.399. The number of amides is 1. The van der Waals surface area contributed by atoms with Crippen LogP contribution < -0.4 is 15.2 Å². The molecule has 2 aromatic rings. The van der Waals surface area contributed by atoms with E-state index < -0.39 is 0 Å². The minimum absolute atomic E-state index is 0.0135. The van der Waals surface area contributed by atoms with Gasteiger partial charge in [0.05, 0.1) is 10.6 Å². The molecule has 0 radical (unpaired) electrons. The normalized spacial score (nSPS) is 24.6. The number of hydrogen-bond acceptors (Lipinski definition) is 6. The van der Waals surface area contributed by atoms with Crippen molar-refractivity contribution < 1.29 is 14.3 Å². The number of aromatic amines is 1. The lowest BCUT2D eigenvalue weighted by atomic mass is 9.79. The van der Waals surface area contributed by atoms with Crippen LogP contribution in [-0.4, -0.2) is 34.3 Å². The monoisotopic (exact) mass is 511 g/mol. The number of allylic oxidation sites excluding steroid dienone is 2. The van der Waals surface area contributed by atoms with Gasteiger partial charge >= 0.3 is 0 Å². The molecule has 4 rings (SSSR count). The molecule has 2 heterocycles. The predicted octanol–water partition coefficient (Wildman–Crippen LogP) is 5.66. The molecule has 8 heteroatoms. The molecule has 1 saturated carbocycles. The Morgan fingerprint density at radius 1 is 1.25 bits per heavy atom. The van der Waals surface area contributed by atoms with Crippen LogP contribution in [0.2, 0.25) is 0 Å². The van der Waals surface area contributed by atoms with E-state index in [9.17, 15) is 14.4 Å². The first-order valence-corrected chi connectivity index (χ1v) is 13.7. The zero-order valence-corrected chi connectivity index (χ0v) is 22.7. The lowest BCUT2D eigenvalue weighted by molar-refractivity contribution is -0.124. The Balaban J connectivity index is 1.61. The molecule has 0 aliphatic heterocycles. The number of ether oxygens (including phenoxy) is 1. The summed E-state index contributed by atoms with van der Waals surface area (Å²) in [7, 11) is 0. The SMILES string of the molecule is CC1=CC[C@H](C(=O)N(c2cc(C(C)(C)C)sc2C=O)C2CCC(Oc3nccc(=O)[nH]3)CC2)[C@@H](C)C1. The van der Waals surface area contributed by atoms with Crippen LogP contribution >= 0.6 is 11.3 Å². The molecule has 0 unspecified atom stereocenters. The molecular formula is C28H37N3O4S. The molecule has 2 aliphatic rings. The topological polar surface area (TPSA) is 92.4 Å². The number of hydrogen-bond donors (Lipinski definition) is 1. The van der Waals surface area contributed by atoms with Crippen LogP contribution in [0.25, 0.3) is 0 Å². The number of anilines is 1. The maximum atomic E-state index is 14.2. The van der Waals surface area contributed by atoms with Crippen LogP contribution in [0.4, 0.5) is 5.69 Å². The van der Waals surface area contributed by atoms with Gasteiger partial charge in [-0.15, -0.1) is 11.3 Å². The van der Waals surface area contributed by atoms with Gasteiger partial charge in [0.25, 0.3) is 11.6 Å². The lowest BCUT2D eigenvalue weighted by Crippen LogP contribution is -2.48. The molecule has 2 aliphatic carbocycles. The zero-order valence-electron chi connectivity index (χ0n) is 21.9. The van der Waals surface area contributed by atoms with Crippen LogP contribution in [0.3, 0.4) is 0 Å². The summed E-state index contributed by atoms with van der Waals surface area (Å²) in [4.78, 5) is 48.3. The Morgan fingerprint density at radius 3 is 2.58 bits per heavy atom. The Kier molecular flexibility index (Phi) is 7.83. The first-order valence-electron chi connectivity index (χ1n) is 12.9. The van der Waals surface area contributed by atoms with Crippen LogP contribution in [0.1, 0.15) is 87.7 Å². The number of nitrogens with one attached hydrogen (secondary N) is 1. The van der Waals surface area contributed by atoms with Crippen molar-refractivity contribution in [1.82, 2.24) is 9.97 Å². The first kappa shape index (κ1) is 26.3. The number of aromatic nitrogens is 2. The highest BCUT2D eigenvalue weighted by Gasteiger charge is 2.38. The Bertz CT molecular complexity index is 1180. The van der Waals surface area contributed by atoms with E-state index in [-0.39, 0.29) is 46.9 Å². The van der Waals surface area contributed by atoms with Crippen molar-refractivity contribution in [1.29, 1.82) is 0 Å². The number of carbonyl (C=O) groups is 2. The Morgan fingerprint density at radius 2 is 1.97 bits per heavy atom. The predicted molar refractivity (Wildman–Crippen MR) is 143 cm³/mol. The van der Waals surface area contributed by atoms with Crippen molar-refractivity contribution in [2.24, 2.45) is 11.8 Å². The van der Waals surface area contributed by atoms with Crippen molar-refractivity contribution in [3.63, 3.8) is 0 Å². The summed E-state index contributed by atoms with van der Waals surface area (Å²) in [5.41, 5.74) is 1.73. The third-order valence-corrected chi connectivity index (χ3v) is 8.86. The Hall–Kier alpha value is -2.74. The van der Waals surface area contributed by atoms with Crippen LogP contribution in [0, 0.1) is 11.8 Å². The van der Waals surface area contributed by atoms with E-state index in [4.69, 9.17) is 4.74 Å². The number of carbonyl (C=O) groups excluding carboxylic acids is 2. The summed E-state index contributed by atoms with van der Waals surface area (Å²) in [6.45, 7) is 10.7. The molecule has 0 aromatic carbocycles. The molecule has 194 valence electrons. The molecule has 7 nitrogen and oxygen atoms in total. The highest BCUT2D eigenvalue weighted by atomic mass is 32.1. The molecule has 1 amide bonds. The van der Waals surface area contributed by atoms with E-state index in [2.05, 4.69) is 56.7 Å². The van der Waals surface area contributed by atoms with Gasteiger partial charge in [0.1, 0.15) is 6.10 Å². The second-order valence-electron chi connectivity index (χ2n) is 11.3.